The maximum absolute atomic E-state index is 11.4. The summed E-state index contributed by atoms with van der Waals surface area (Å²) in [7, 11) is 0. The predicted octanol–water partition coefficient (Wildman–Crippen LogP) is 3.11. The summed E-state index contributed by atoms with van der Waals surface area (Å²) in [6, 6.07) is 6.61. The molecule has 2 aromatic rings. The SMILES string of the molecule is CC(=O)c1cc(Cl)ccc1OCc1ccno1. The molecule has 0 N–H and O–H groups in total. The zero-order valence-electron chi connectivity index (χ0n) is 9.14. The number of hydrogen-bond acceptors (Lipinski definition) is 4. The summed E-state index contributed by atoms with van der Waals surface area (Å²) in [6.45, 7) is 1.69. The number of halogens is 1. The van der Waals surface area contributed by atoms with Crippen molar-refractivity contribution in [2.45, 2.75) is 13.5 Å². The highest BCUT2D eigenvalue weighted by molar-refractivity contribution is 6.31. The number of hydrogen-bond donors (Lipinski definition) is 0. The fraction of sp³-hybridized carbons (Fsp3) is 0.167. The monoisotopic (exact) mass is 251 g/mol. The van der Waals surface area contributed by atoms with Crippen molar-refractivity contribution >= 4 is 17.4 Å². The van der Waals surface area contributed by atoms with Crippen LogP contribution in [0.4, 0.5) is 0 Å². The maximum Gasteiger partial charge on any atom is 0.174 e. The average Bonchev–Trinajstić information content (AvgIpc) is 2.80. The lowest BCUT2D eigenvalue weighted by molar-refractivity contribution is 0.101. The third-order valence-corrected chi connectivity index (χ3v) is 2.42. The molecule has 1 aromatic carbocycles. The summed E-state index contributed by atoms with van der Waals surface area (Å²) in [5, 5.41) is 4.07. The predicted molar refractivity (Wildman–Crippen MR) is 62.3 cm³/mol. The average molecular weight is 252 g/mol. The first-order valence-electron chi connectivity index (χ1n) is 4.99. The van der Waals surface area contributed by atoms with Crippen molar-refractivity contribution in [3.05, 3.63) is 46.8 Å². The van der Waals surface area contributed by atoms with Gasteiger partial charge in [0, 0.05) is 11.1 Å². The van der Waals surface area contributed by atoms with Crippen molar-refractivity contribution in [2.75, 3.05) is 0 Å². The fourth-order valence-electron chi connectivity index (χ4n) is 1.37. The van der Waals surface area contributed by atoms with Crippen LogP contribution in [0, 0.1) is 0 Å². The molecule has 17 heavy (non-hydrogen) atoms. The van der Waals surface area contributed by atoms with Gasteiger partial charge in [0.15, 0.2) is 11.5 Å². The van der Waals surface area contributed by atoms with E-state index in [0.29, 0.717) is 22.1 Å². The molecule has 0 aliphatic carbocycles. The van der Waals surface area contributed by atoms with Gasteiger partial charge < -0.3 is 9.26 Å². The molecule has 0 spiro atoms. The number of carbonyl (C=O) groups excluding carboxylic acids is 1. The molecule has 0 radical (unpaired) electrons. The van der Waals surface area contributed by atoms with Gasteiger partial charge in [-0.05, 0) is 25.1 Å². The molecule has 0 amide bonds. The number of benzene rings is 1. The van der Waals surface area contributed by atoms with E-state index in [0.717, 1.165) is 0 Å². The number of nitrogens with zero attached hydrogens (tertiary/aromatic N) is 1. The molecular weight excluding hydrogens is 242 g/mol. The summed E-state index contributed by atoms with van der Waals surface area (Å²) in [5.41, 5.74) is 0.456. The van der Waals surface area contributed by atoms with Crippen molar-refractivity contribution in [3.8, 4) is 5.75 Å². The molecule has 88 valence electrons. The number of ketones is 1. The standard InChI is InChI=1S/C12H10ClNO3/c1-8(15)11-6-9(13)2-3-12(11)16-7-10-4-5-14-17-10/h2-6H,7H2,1H3. The van der Waals surface area contributed by atoms with Crippen LogP contribution in [-0.2, 0) is 6.61 Å². The van der Waals surface area contributed by atoms with Gasteiger partial charge in [0.1, 0.15) is 12.4 Å². The van der Waals surface area contributed by atoms with E-state index in [4.69, 9.17) is 20.9 Å². The Morgan fingerprint density at radius 3 is 2.94 bits per heavy atom. The summed E-state index contributed by atoms with van der Waals surface area (Å²) in [6.07, 6.45) is 1.53. The Morgan fingerprint density at radius 2 is 2.29 bits per heavy atom. The minimum Gasteiger partial charge on any atom is -0.485 e. The van der Waals surface area contributed by atoms with Crippen molar-refractivity contribution < 1.29 is 14.1 Å². The van der Waals surface area contributed by atoms with Crippen molar-refractivity contribution in [3.63, 3.8) is 0 Å². The van der Waals surface area contributed by atoms with E-state index in [-0.39, 0.29) is 12.4 Å². The molecule has 0 saturated carbocycles. The Balaban J connectivity index is 2.17. The van der Waals surface area contributed by atoms with Crippen LogP contribution in [0.3, 0.4) is 0 Å². The highest BCUT2D eigenvalue weighted by Crippen LogP contribution is 2.24. The Morgan fingerprint density at radius 1 is 1.47 bits per heavy atom. The second-order valence-electron chi connectivity index (χ2n) is 3.46. The quantitative estimate of drug-likeness (QED) is 0.784. The van der Waals surface area contributed by atoms with Crippen molar-refractivity contribution in [2.24, 2.45) is 0 Å². The van der Waals surface area contributed by atoms with Crippen LogP contribution in [0.2, 0.25) is 5.02 Å². The first kappa shape index (κ1) is 11.7. The van der Waals surface area contributed by atoms with Crippen molar-refractivity contribution in [1.82, 2.24) is 5.16 Å². The Bertz CT molecular complexity index is 523. The number of carbonyl (C=O) groups is 1. The topological polar surface area (TPSA) is 52.3 Å². The summed E-state index contributed by atoms with van der Waals surface area (Å²) in [4.78, 5) is 11.4. The van der Waals surface area contributed by atoms with Gasteiger partial charge in [-0.1, -0.05) is 16.8 Å². The highest BCUT2D eigenvalue weighted by Gasteiger charge is 2.10. The highest BCUT2D eigenvalue weighted by atomic mass is 35.5. The lowest BCUT2D eigenvalue weighted by atomic mass is 10.1. The van der Waals surface area contributed by atoms with Gasteiger partial charge in [0.2, 0.25) is 0 Å². The molecular formula is C12H10ClNO3. The van der Waals surface area contributed by atoms with E-state index in [1.165, 1.54) is 13.1 Å². The van der Waals surface area contributed by atoms with Crippen LogP contribution in [0.15, 0.2) is 35.0 Å². The lowest BCUT2D eigenvalue weighted by Gasteiger charge is -2.08. The van der Waals surface area contributed by atoms with E-state index < -0.39 is 0 Å². The smallest absolute Gasteiger partial charge is 0.174 e. The second-order valence-corrected chi connectivity index (χ2v) is 3.90. The van der Waals surface area contributed by atoms with E-state index in [2.05, 4.69) is 5.16 Å². The summed E-state index contributed by atoms with van der Waals surface area (Å²) < 4.78 is 10.4. The molecule has 0 aliphatic rings. The van der Waals surface area contributed by atoms with Gasteiger partial charge in [-0.2, -0.15) is 0 Å². The molecule has 0 unspecified atom stereocenters. The van der Waals surface area contributed by atoms with Gasteiger partial charge in [-0.15, -0.1) is 0 Å². The molecule has 1 aromatic heterocycles. The molecule has 0 saturated heterocycles. The van der Waals surface area contributed by atoms with E-state index in [1.54, 1.807) is 24.3 Å². The minimum absolute atomic E-state index is 0.0972. The maximum atomic E-state index is 11.4. The van der Waals surface area contributed by atoms with Gasteiger partial charge in [-0.25, -0.2) is 0 Å². The van der Waals surface area contributed by atoms with Gasteiger partial charge in [0.25, 0.3) is 0 Å². The normalized spacial score (nSPS) is 10.2. The second kappa shape index (κ2) is 5.01. The molecule has 0 bridgehead atoms. The van der Waals surface area contributed by atoms with E-state index in [9.17, 15) is 4.79 Å². The minimum atomic E-state index is -0.0972. The Labute approximate surface area is 103 Å². The largest absolute Gasteiger partial charge is 0.485 e. The van der Waals surface area contributed by atoms with Crippen LogP contribution < -0.4 is 4.74 Å². The van der Waals surface area contributed by atoms with Crippen LogP contribution in [0.25, 0.3) is 0 Å². The third-order valence-electron chi connectivity index (χ3n) is 2.18. The molecule has 0 fully saturated rings. The number of ether oxygens (including phenoxy) is 1. The zero-order valence-corrected chi connectivity index (χ0v) is 9.90. The van der Waals surface area contributed by atoms with E-state index in [1.807, 2.05) is 0 Å². The first-order valence-corrected chi connectivity index (χ1v) is 5.37. The molecule has 5 heteroatoms. The van der Waals surface area contributed by atoms with Crippen LogP contribution in [-0.4, -0.2) is 10.9 Å². The summed E-state index contributed by atoms with van der Waals surface area (Å²) in [5.74, 6) is 0.979. The van der Waals surface area contributed by atoms with Gasteiger partial charge in [0.05, 0.1) is 11.8 Å². The van der Waals surface area contributed by atoms with Crippen LogP contribution >= 0.6 is 11.6 Å². The molecule has 4 nitrogen and oxygen atoms in total. The van der Waals surface area contributed by atoms with Gasteiger partial charge in [-0.3, -0.25) is 4.79 Å². The third kappa shape index (κ3) is 2.85. The van der Waals surface area contributed by atoms with Crippen LogP contribution in [0.5, 0.6) is 5.75 Å². The zero-order chi connectivity index (χ0) is 12.3. The summed E-state index contributed by atoms with van der Waals surface area (Å²) >= 11 is 5.82. The number of Topliss-reactive ketones (excluding diaryl/α,β-unsaturated/α-hetero) is 1. The molecule has 0 atom stereocenters. The fourth-order valence-corrected chi connectivity index (χ4v) is 1.54. The van der Waals surface area contributed by atoms with Gasteiger partial charge >= 0.3 is 0 Å². The van der Waals surface area contributed by atoms with Crippen molar-refractivity contribution in [1.29, 1.82) is 0 Å². The first-order chi connectivity index (χ1) is 8.16. The Hall–Kier alpha value is -1.81. The Kier molecular flexibility index (Phi) is 3.44. The molecule has 2 rings (SSSR count). The van der Waals surface area contributed by atoms with E-state index >= 15 is 0 Å². The lowest BCUT2D eigenvalue weighted by Crippen LogP contribution is -2.01. The van der Waals surface area contributed by atoms with Crippen LogP contribution in [0.1, 0.15) is 23.0 Å². The molecule has 0 aliphatic heterocycles. The number of aromatic nitrogens is 1. The number of rotatable bonds is 4. The molecule has 1 heterocycles.